The van der Waals surface area contributed by atoms with Gasteiger partial charge < -0.3 is 5.32 Å². The number of benzene rings is 2. The molecule has 0 unspecified atom stereocenters. The fourth-order valence-electron chi connectivity index (χ4n) is 2.39. The summed E-state index contributed by atoms with van der Waals surface area (Å²) in [5, 5.41) is 3.00. The van der Waals surface area contributed by atoms with Crippen LogP contribution >= 0.6 is 0 Å². The van der Waals surface area contributed by atoms with Gasteiger partial charge >= 0.3 is 0 Å². The zero-order chi connectivity index (χ0) is 15.8. The summed E-state index contributed by atoms with van der Waals surface area (Å²) in [7, 11) is 0. The number of hydrogen-bond acceptors (Lipinski definition) is 1. The molecule has 1 N–H and O–H groups in total. The molecular weight excluding hydrogens is 270 g/mol. The van der Waals surface area contributed by atoms with Crippen molar-refractivity contribution in [1.29, 1.82) is 0 Å². The highest BCUT2D eigenvalue weighted by Gasteiger charge is 2.06. The molecule has 22 heavy (non-hydrogen) atoms. The van der Waals surface area contributed by atoms with E-state index in [1.807, 2.05) is 36.4 Å². The van der Waals surface area contributed by atoms with Crippen molar-refractivity contribution in [3.05, 3.63) is 71.3 Å². The van der Waals surface area contributed by atoms with Crippen LogP contribution in [0.5, 0.6) is 0 Å². The summed E-state index contributed by atoms with van der Waals surface area (Å²) >= 11 is 0. The Labute approximate surface area is 133 Å². The van der Waals surface area contributed by atoms with Crippen LogP contribution in [-0.4, -0.2) is 12.5 Å². The fraction of sp³-hybridized carbons (Fsp3) is 0.350. The molecule has 0 spiro atoms. The standard InChI is InChI=1S/C20H25NO/c1-16(2)11-12-18-9-6-10-19(15-18)20(22)21-14-13-17-7-4-3-5-8-17/h3-10,15-16H,11-14H2,1-2H3,(H,21,22). The third-order valence-electron chi connectivity index (χ3n) is 3.74. The Hall–Kier alpha value is -2.09. The van der Waals surface area contributed by atoms with E-state index < -0.39 is 0 Å². The lowest BCUT2D eigenvalue weighted by atomic mass is 10.0. The van der Waals surface area contributed by atoms with Crippen molar-refractivity contribution in [2.75, 3.05) is 6.54 Å². The van der Waals surface area contributed by atoms with Crippen LogP contribution in [0.2, 0.25) is 0 Å². The van der Waals surface area contributed by atoms with Crippen molar-refractivity contribution < 1.29 is 4.79 Å². The number of amides is 1. The summed E-state index contributed by atoms with van der Waals surface area (Å²) in [5.74, 6) is 0.700. The van der Waals surface area contributed by atoms with Gasteiger partial charge in [0.05, 0.1) is 0 Å². The third kappa shape index (κ3) is 5.36. The van der Waals surface area contributed by atoms with Gasteiger partial charge in [0.15, 0.2) is 0 Å². The molecule has 0 aliphatic rings. The van der Waals surface area contributed by atoms with Crippen LogP contribution in [0.4, 0.5) is 0 Å². The van der Waals surface area contributed by atoms with E-state index in [1.54, 1.807) is 0 Å². The molecule has 0 aliphatic carbocycles. The Morgan fingerprint density at radius 1 is 0.955 bits per heavy atom. The second-order valence-electron chi connectivity index (χ2n) is 6.12. The molecule has 0 radical (unpaired) electrons. The Bertz CT molecular complexity index is 590. The van der Waals surface area contributed by atoms with Gasteiger partial charge in [-0.2, -0.15) is 0 Å². The number of carbonyl (C=O) groups is 1. The highest BCUT2D eigenvalue weighted by Crippen LogP contribution is 2.11. The summed E-state index contributed by atoms with van der Waals surface area (Å²) in [4.78, 5) is 12.2. The molecule has 0 heterocycles. The molecule has 116 valence electrons. The maximum Gasteiger partial charge on any atom is 0.251 e. The highest BCUT2D eigenvalue weighted by molar-refractivity contribution is 5.94. The topological polar surface area (TPSA) is 29.1 Å². The van der Waals surface area contributed by atoms with Crippen molar-refractivity contribution >= 4 is 5.91 Å². The normalized spacial score (nSPS) is 10.7. The van der Waals surface area contributed by atoms with E-state index in [0.717, 1.165) is 24.8 Å². The molecule has 0 atom stereocenters. The minimum atomic E-state index is 0.0160. The van der Waals surface area contributed by atoms with E-state index in [4.69, 9.17) is 0 Å². The summed E-state index contributed by atoms with van der Waals surface area (Å²) in [6, 6.07) is 18.2. The van der Waals surface area contributed by atoms with Gasteiger partial charge in [-0.25, -0.2) is 0 Å². The van der Waals surface area contributed by atoms with Gasteiger partial charge in [-0.05, 0) is 48.4 Å². The van der Waals surface area contributed by atoms with E-state index >= 15 is 0 Å². The van der Waals surface area contributed by atoms with Gasteiger partial charge in [0.25, 0.3) is 5.91 Å². The quantitative estimate of drug-likeness (QED) is 0.813. The van der Waals surface area contributed by atoms with Crippen LogP contribution in [0, 0.1) is 5.92 Å². The number of nitrogens with one attached hydrogen (secondary N) is 1. The van der Waals surface area contributed by atoms with Crippen LogP contribution in [0.25, 0.3) is 0 Å². The molecular formula is C20H25NO. The summed E-state index contributed by atoms with van der Waals surface area (Å²) in [5.41, 5.74) is 3.24. The van der Waals surface area contributed by atoms with Crippen molar-refractivity contribution in [3.63, 3.8) is 0 Å². The Morgan fingerprint density at radius 2 is 1.68 bits per heavy atom. The number of aryl methyl sites for hydroxylation is 1. The van der Waals surface area contributed by atoms with Gasteiger partial charge in [-0.15, -0.1) is 0 Å². The van der Waals surface area contributed by atoms with Gasteiger partial charge in [0.2, 0.25) is 0 Å². The fourth-order valence-corrected chi connectivity index (χ4v) is 2.39. The molecule has 1 amide bonds. The summed E-state index contributed by atoms with van der Waals surface area (Å²) < 4.78 is 0. The molecule has 0 aliphatic heterocycles. The average molecular weight is 295 g/mol. The first-order valence-corrected chi connectivity index (χ1v) is 8.06. The maximum absolute atomic E-state index is 12.2. The van der Waals surface area contributed by atoms with E-state index in [-0.39, 0.29) is 5.91 Å². The molecule has 2 heteroatoms. The smallest absolute Gasteiger partial charge is 0.251 e. The first kappa shape index (κ1) is 16.3. The molecule has 2 rings (SSSR count). The van der Waals surface area contributed by atoms with Crippen molar-refractivity contribution in [2.45, 2.75) is 33.1 Å². The second kappa shape index (κ2) is 8.38. The van der Waals surface area contributed by atoms with Crippen molar-refractivity contribution in [3.8, 4) is 0 Å². The third-order valence-corrected chi connectivity index (χ3v) is 3.74. The van der Waals surface area contributed by atoms with Crippen molar-refractivity contribution in [1.82, 2.24) is 5.32 Å². The predicted molar refractivity (Wildman–Crippen MR) is 92.1 cm³/mol. The minimum Gasteiger partial charge on any atom is -0.352 e. The van der Waals surface area contributed by atoms with Crippen LogP contribution < -0.4 is 5.32 Å². The highest BCUT2D eigenvalue weighted by atomic mass is 16.1. The number of rotatable bonds is 7. The van der Waals surface area contributed by atoms with Gasteiger partial charge in [0.1, 0.15) is 0 Å². The lowest BCUT2D eigenvalue weighted by molar-refractivity contribution is 0.0954. The molecule has 0 fully saturated rings. The summed E-state index contributed by atoms with van der Waals surface area (Å²) in [6.07, 6.45) is 3.04. The van der Waals surface area contributed by atoms with Crippen LogP contribution in [0.3, 0.4) is 0 Å². The maximum atomic E-state index is 12.2. The Morgan fingerprint density at radius 3 is 2.41 bits per heavy atom. The average Bonchev–Trinajstić information content (AvgIpc) is 2.54. The zero-order valence-corrected chi connectivity index (χ0v) is 13.5. The van der Waals surface area contributed by atoms with E-state index in [9.17, 15) is 4.79 Å². The monoisotopic (exact) mass is 295 g/mol. The van der Waals surface area contributed by atoms with E-state index in [0.29, 0.717) is 12.5 Å². The van der Waals surface area contributed by atoms with E-state index in [1.165, 1.54) is 11.1 Å². The second-order valence-corrected chi connectivity index (χ2v) is 6.12. The Balaban J connectivity index is 1.85. The van der Waals surface area contributed by atoms with Crippen LogP contribution in [0.1, 0.15) is 41.8 Å². The molecule has 0 saturated heterocycles. The predicted octanol–water partition coefficient (Wildman–Crippen LogP) is 4.25. The largest absolute Gasteiger partial charge is 0.352 e. The number of hydrogen-bond donors (Lipinski definition) is 1. The lowest BCUT2D eigenvalue weighted by Crippen LogP contribution is -2.25. The molecule has 0 bridgehead atoms. The van der Waals surface area contributed by atoms with Crippen LogP contribution in [-0.2, 0) is 12.8 Å². The Kier molecular flexibility index (Phi) is 6.20. The van der Waals surface area contributed by atoms with Gasteiger partial charge in [-0.1, -0.05) is 56.3 Å². The molecule has 2 aromatic carbocycles. The van der Waals surface area contributed by atoms with Crippen LogP contribution in [0.15, 0.2) is 54.6 Å². The molecule has 2 nitrogen and oxygen atoms in total. The minimum absolute atomic E-state index is 0.0160. The molecule has 0 saturated carbocycles. The first-order chi connectivity index (χ1) is 10.6. The summed E-state index contributed by atoms with van der Waals surface area (Å²) in [6.45, 7) is 5.11. The SMILES string of the molecule is CC(C)CCc1cccc(C(=O)NCCc2ccccc2)c1. The van der Waals surface area contributed by atoms with E-state index in [2.05, 4.69) is 37.4 Å². The first-order valence-electron chi connectivity index (χ1n) is 8.06. The van der Waals surface area contributed by atoms with Gasteiger partial charge in [0, 0.05) is 12.1 Å². The van der Waals surface area contributed by atoms with Gasteiger partial charge in [-0.3, -0.25) is 4.79 Å². The molecule has 2 aromatic rings. The number of carbonyl (C=O) groups excluding carboxylic acids is 1. The van der Waals surface area contributed by atoms with Crippen molar-refractivity contribution in [2.24, 2.45) is 5.92 Å². The molecule has 0 aromatic heterocycles. The zero-order valence-electron chi connectivity index (χ0n) is 13.5. The lowest BCUT2D eigenvalue weighted by Gasteiger charge is -2.08.